The molecule has 0 saturated heterocycles. The predicted octanol–water partition coefficient (Wildman–Crippen LogP) is 13.7. The molecule has 0 amide bonds. The Labute approximate surface area is 364 Å². The number of nitrogens with one attached hydrogen (secondary N) is 2. The van der Waals surface area contributed by atoms with Crippen LogP contribution in [0.15, 0.2) is 191 Å². The van der Waals surface area contributed by atoms with Crippen LogP contribution in [0.2, 0.25) is 0 Å². The summed E-state index contributed by atoms with van der Waals surface area (Å²) in [7, 11) is 0. The van der Waals surface area contributed by atoms with Gasteiger partial charge in [0.2, 0.25) is 0 Å². The molecule has 62 heavy (non-hydrogen) atoms. The second-order valence-electron chi connectivity index (χ2n) is 15.7. The van der Waals surface area contributed by atoms with Crippen LogP contribution in [0.3, 0.4) is 0 Å². The van der Waals surface area contributed by atoms with Crippen LogP contribution >= 0.6 is 0 Å². The summed E-state index contributed by atoms with van der Waals surface area (Å²) in [6.45, 7) is 10.3. The molecule has 10 heteroatoms. The number of benzene rings is 4. The number of pyridine rings is 2. The highest BCUT2D eigenvalue weighted by atomic mass is 15.2. The number of hydrogen-bond donors (Lipinski definition) is 2. The van der Waals surface area contributed by atoms with E-state index in [0.717, 1.165) is 95.9 Å². The van der Waals surface area contributed by atoms with E-state index >= 15 is 0 Å². The van der Waals surface area contributed by atoms with Gasteiger partial charge in [0.05, 0.1) is 35.7 Å². The quantitative estimate of drug-likeness (QED) is 0.0544. The Bertz CT molecular complexity index is 2530. The highest BCUT2D eigenvalue weighted by Gasteiger charge is 2.12. The lowest BCUT2D eigenvalue weighted by atomic mass is 10.2. The van der Waals surface area contributed by atoms with Gasteiger partial charge in [-0.1, -0.05) is 12.1 Å². The summed E-state index contributed by atoms with van der Waals surface area (Å²) in [5, 5.41) is 25.3. The molecular formula is C52H54N10+2. The van der Waals surface area contributed by atoms with E-state index in [1.54, 1.807) is 0 Å². The zero-order chi connectivity index (χ0) is 42.7. The maximum absolute atomic E-state index is 4.62. The number of nitrogens with zero attached hydrogens (tertiary/aromatic N) is 8. The van der Waals surface area contributed by atoms with E-state index in [1.165, 1.54) is 22.8 Å². The fourth-order valence-corrected chi connectivity index (χ4v) is 7.73. The largest absolute Gasteiger partial charge is 0.356 e. The third-order valence-corrected chi connectivity index (χ3v) is 11.0. The maximum Gasteiger partial charge on any atom is 0.350 e. The summed E-state index contributed by atoms with van der Waals surface area (Å²) in [6.07, 6.45) is 8.50. The lowest BCUT2D eigenvalue weighted by Gasteiger charge is -2.11. The van der Waals surface area contributed by atoms with Gasteiger partial charge in [-0.15, -0.1) is 0 Å². The lowest BCUT2D eigenvalue weighted by Crippen LogP contribution is -2.34. The summed E-state index contributed by atoms with van der Waals surface area (Å²) in [6, 6.07) is 53.8. The number of azo groups is 2. The van der Waals surface area contributed by atoms with E-state index < -0.39 is 0 Å². The van der Waals surface area contributed by atoms with Gasteiger partial charge in [-0.25, -0.2) is 9.13 Å². The molecule has 4 heterocycles. The normalized spacial score (nSPS) is 11.5. The molecule has 0 bridgehead atoms. The number of aromatic nitrogens is 4. The Balaban J connectivity index is 0.772. The number of unbranched alkanes of at least 4 members (excludes halogenated alkanes) is 3. The molecule has 10 nitrogen and oxygen atoms in total. The molecule has 4 aromatic heterocycles. The number of rotatable bonds is 17. The van der Waals surface area contributed by atoms with E-state index in [9.17, 15) is 0 Å². The fourth-order valence-electron chi connectivity index (χ4n) is 7.73. The molecule has 8 rings (SSSR count). The molecule has 0 fully saturated rings. The van der Waals surface area contributed by atoms with Gasteiger partial charge in [0, 0.05) is 69.0 Å². The van der Waals surface area contributed by atoms with Gasteiger partial charge in [-0.3, -0.25) is 0 Å². The Morgan fingerprint density at radius 2 is 0.710 bits per heavy atom. The first-order valence-electron chi connectivity index (χ1n) is 21.4. The summed E-state index contributed by atoms with van der Waals surface area (Å²) in [4.78, 5) is 0. The van der Waals surface area contributed by atoms with E-state index in [1.807, 2.05) is 84.9 Å². The molecule has 0 spiro atoms. The molecule has 4 aromatic carbocycles. The van der Waals surface area contributed by atoms with Gasteiger partial charge in [-0.2, -0.15) is 0 Å². The van der Waals surface area contributed by atoms with E-state index in [2.05, 4.69) is 162 Å². The Kier molecular flexibility index (Phi) is 13.1. The first kappa shape index (κ1) is 41.3. The maximum atomic E-state index is 4.62. The van der Waals surface area contributed by atoms with Crippen molar-refractivity contribution in [3.05, 3.63) is 193 Å². The van der Waals surface area contributed by atoms with Crippen molar-refractivity contribution in [2.45, 2.75) is 66.5 Å². The van der Waals surface area contributed by atoms with E-state index in [-0.39, 0.29) is 0 Å². The van der Waals surface area contributed by atoms with Crippen LogP contribution in [0, 0.1) is 27.7 Å². The summed E-state index contributed by atoms with van der Waals surface area (Å²) in [5.74, 6) is 1.68. The smallest absolute Gasteiger partial charge is 0.350 e. The zero-order valence-electron chi connectivity index (χ0n) is 36.0. The third kappa shape index (κ3) is 10.5. The van der Waals surface area contributed by atoms with Gasteiger partial charge in [0.1, 0.15) is 11.4 Å². The van der Waals surface area contributed by atoms with Crippen molar-refractivity contribution in [2.24, 2.45) is 20.5 Å². The van der Waals surface area contributed by atoms with Crippen LogP contribution in [-0.2, 0) is 13.1 Å². The summed E-state index contributed by atoms with van der Waals surface area (Å²) >= 11 is 0. The minimum Gasteiger partial charge on any atom is -0.356 e. The minimum absolute atomic E-state index is 0.805. The molecule has 0 aliphatic heterocycles. The van der Waals surface area contributed by atoms with Crippen molar-refractivity contribution in [1.82, 2.24) is 9.13 Å². The van der Waals surface area contributed by atoms with Gasteiger partial charge in [-0.05, 0) is 197 Å². The first-order valence-corrected chi connectivity index (χ1v) is 21.4. The SMILES string of the molecule is Cc1ccc(C)n1-c1ccc(Nc2ccc(/N=N/c3cccc[n+]3CCCCCC[n+]3ccccc3/N=N/c3ccc(Nc4ccc(-n5c(C)ccc5C)cc4)cc3)cc2)cc1. The molecule has 0 radical (unpaired) electrons. The van der Waals surface area contributed by atoms with Crippen molar-refractivity contribution in [3.8, 4) is 11.4 Å². The van der Waals surface area contributed by atoms with Gasteiger partial charge in [0.25, 0.3) is 0 Å². The topological polar surface area (TPSA) is 91.1 Å². The average Bonchev–Trinajstić information content (AvgIpc) is 3.82. The molecule has 0 unspecified atom stereocenters. The second-order valence-corrected chi connectivity index (χ2v) is 15.7. The van der Waals surface area contributed by atoms with Gasteiger partial charge >= 0.3 is 11.6 Å². The van der Waals surface area contributed by atoms with E-state index in [4.69, 9.17) is 0 Å². The number of anilines is 4. The van der Waals surface area contributed by atoms with Crippen LogP contribution < -0.4 is 19.8 Å². The van der Waals surface area contributed by atoms with Gasteiger partial charge < -0.3 is 19.8 Å². The van der Waals surface area contributed by atoms with E-state index in [0.29, 0.717) is 0 Å². The second kappa shape index (κ2) is 19.7. The average molecular weight is 819 g/mol. The monoisotopic (exact) mass is 818 g/mol. The molecule has 0 aliphatic carbocycles. The Morgan fingerprint density at radius 1 is 0.371 bits per heavy atom. The molecule has 310 valence electrons. The Morgan fingerprint density at radius 3 is 1.06 bits per heavy atom. The summed E-state index contributed by atoms with van der Waals surface area (Å²) < 4.78 is 8.86. The lowest BCUT2D eigenvalue weighted by molar-refractivity contribution is -0.686. The fraction of sp³-hybridized carbons (Fsp3) is 0.192. The zero-order valence-corrected chi connectivity index (χ0v) is 36.0. The van der Waals surface area contributed by atoms with Crippen molar-refractivity contribution >= 4 is 45.8 Å². The molecular weight excluding hydrogens is 765 g/mol. The van der Waals surface area contributed by atoms with Crippen molar-refractivity contribution in [2.75, 3.05) is 10.6 Å². The first-order chi connectivity index (χ1) is 30.4. The predicted molar refractivity (Wildman–Crippen MR) is 250 cm³/mol. The summed E-state index contributed by atoms with van der Waals surface area (Å²) in [5.41, 5.74) is 12.9. The molecule has 8 aromatic rings. The van der Waals surface area contributed by atoms with Crippen molar-refractivity contribution in [3.63, 3.8) is 0 Å². The molecule has 2 N–H and O–H groups in total. The third-order valence-electron chi connectivity index (χ3n) is 11.0. The molecule has 0 atom stereocenters. The van der Waals surface area contributed by atoms with Crippen LogP contribution in [0.1, 0.15) is 48.5 Å². The van der Waals surface area contributed by atoms with Crippen molar-refractivity contribution < 1.29 is 9.13 Å². The van der Waals surface area contributed by atoms with Crippen LogP contribution in [0.4, 0.5) is 45.8 Å². The number of hydrogen-bond acceptors (Lipinski definition) is 6. The molecule has 0 aliphatic rings. The molecule has 0 saturated carbocycles. The highest BCUT2D eigenvalue weighted by molar-refractivity contribution is 5.64. The Hall–Kier alpha value is -7.46. The number of aryl methyl sites for hydroxylation is 6. The highest BCUT2D eigenvalue weighted by Crippen LogP contribution is 2.26. The van der Waals surface area contributed by atoms with Crippen LogP contribution in [-0.4, -0.2) is 9.13 Å². The van der Waals surface area contributed by atoms with Crippen LogP contribution in [0.25, 0.3) is 11.4 Å². The van der Waals surface area contributed by atoms with Gasteiger partial charge in [0.15, 0.2) is 0 Å². The standard InChI is InChI=1S/C52H52N10/c1-39-15-16-40(2)61(39)49-31-27-45(28-32-49)53-43-19-23-47(24-20-43)55-57-51-13-7-11-37-59(51)35-9-5-6-10-36-60-38-12-8-14-52(60)58-56-48-25-21-44(22-26-48)54-46-29-33-50(34-30-46)62-41(3)17-18-42(62)4/h7-8,11-34,37-38H,5-6,9-10,35-36H2,1-4H3/p+2. The van der Waals surface area contributed by atoms with Crippen molar-refractivity contribution in [1.29, 1.82) is 0 Å². The minimum atomic E-state index is 0.805. The van der Waals surface area contributed by atoms with Crippen LogP contribution in [0.5, 0.6) is 0 Å².